The summed E-state index contributed by atoms with van der Waals surface area (Å²) in [5.41, 5.74) is 1.51. The number of nitrogens with zero attached hydrogens (tertiary/aromatic N) is 1. The number of anilines is 1. The molecule has 0 aliphatic rings. The number of alkyl halides is 3. The van der Waals surface area contributed by atoms with Gasteiger partial charge in [-0.15, -0.1) is 0 Å². The van der Waals surface area contributed by atoms with Crippen LogP contribution in [0, 0.1) is 6.92 Å². The largest absolute Gasteiger partial charge is 0.416 e. The van der Waals surface area contributed by atoms with Crippen molar-refractivity contribution in [3.8, 4) is 0 Å². The molecule has 0 radical (unpaired) electrons. The van der Waals surface area contributed by atoms with Gasteiger partial charge in [-0.25, -0.2) is 4.98 Å². The molecule has 0 fully saturated rings. The monoisotopic (exact) mass is 358 g/mol. The molecule has 1 atom stereocenters. The number of rotatable bonds is 3. The Morgan fingerprint density at radius 1 is 1.19 bits per heavy atom. The Kier molecular flexibility index (Phi) is 4.56. The number of aromatic nitrogens is 1. The minimum absolute atomic E-state index is 0.256. The van der Waals surface area contributed by atoms with Gasteiger partial charge in [0.25, 0.3) is 0 Å². The van der Waals surface area contributed by atoms with E-state index in [4.69, 9.17) is 0 Å². The van der Waals surface area contributed by atoms with E-state index < -0.39 is 11.7 Å². The summed E-state index contributed by atoms with van der Waals surface area (Å²) >= 11 is 3.27. The predicted molar refractivity (Wildman–Crippen MR) is 80.2 cm³/mol. The van der Waals surface area contributed by atoms with E-state index in [9.17, 15) is 13.2 Å². The standard InChI is InChI=1S/C15H14BrF3N2/c1-9(20-13-6-7-14(16)21-10(13)2)11-4-3-5-12(8-11)15(17,18)19/h3-9,20H,1-2H3. The Hall–Kier alpha value is -1.56. The lowest BCUT2D eigenvalue weighted by atomic mass is 10.0. The lowest BCUT2D eigenvalue weighted by Crippen LogP contribution is -2.11. The van der Waals surface area contributed by atoms with Gasteiger partial charge in [0, 0.05) is 6.04 Å². The molecule has 1 aromatic heterocycles. The van der Waals surface area contributed by atoms with Gasteiger partial charge in [-0.2, -0.15) is 13.2 Å². The quantitative estimate of drug-likeness (QED) is 0.748. The summed E-state index contributed by atoms with van der Waals surface area (Å²) in [4.78, 5) is 4.25. The van der Waals surface area contributed by atoms with Gasteiger partial charge < -0.3 is 5.32 Å². The van der Waals surface area contributed by atoms with Crippen molar-refractivity contribution >= 4 is 21.6 Å². The molecule has 6 heteroatoms. The van der Waals surface area contributed by atoms with Gasteiger partial charge in [0.15, 0.2) is 0 Å². The van der Waals surface area contributed by atoms with E-state index in [0.717, 1.165) is 22.1 Å². The summed E-state index contributed by atoms with van der Waals surface area (Å²) in [5.74, 6) is 0. The van der Waals surface area contributed by atoms with Gasteiger partial charge in [-0.3, -0.25) is 0 Å². The Bertz CT molecular complexity index is 641. The average molecular weight is 359 g/mol. The first-order valence-corrected chi connectivity index (χ1v) is 7.13. The molecule has 0 saturated heterocycles. The molecule has 0 bridgehead atoms. The van der Waals surface area contributed by atoms with E-state index in [1.54, 1.807) is 12.1 Å². The number of pyridine rings is 1. The fourth-order valence-corrected chi connectivity index (χ4v) is 2.38. The van der Waals surface area contributed by atoms with E-state index in [0.29, 0.717) is 5.56 Å². The topological polar surface area (TPSA) is 24.9 Å². The first-order chi connectivity index (χ1) is 9.77. The van der Waals surface area contributed by atoms with Crippen LogP contribution in [-0.4, -0.2) is 4.98 Å². The lowest BCUT2D eigenvalue weighted by Gasteiger charge is -2.18. The normalized spacial score (nSPS) is 13.0. The van der Waals surface area contributed by atoms with Crippen LogP contribution in [-0.2, 0) is 6.18 Å². The molecule has 21 heavy (non-hydrogen) atoms. The molecule has 0 aliphatic carbocycles. The van der Waals surface area contributed by atoms with Crippen LogP contribution in [0.1, 0.15) is 29.8 Å². The number of aryl methyl sites for hydroxylation is 1. The highest BCUT2D eigenvalue weighted by Crippen LogP contribution is 2.31. The maximum absolute atomic E-state index is 12.7. The fourth-order valence-electron chi connectivity index (χ4n) is 1.98. The van der Waals surface area contributed by atoms with Crippen LogP contribution in [0.3, 0.4) is 0 Å². The molecule has 1 unspecified atom stereocenters. The maximum atomic E-state index is 12.7. The highest BCUT2D eigenvalue weighted by molar-refractivity contribution is 9.10. The first-order valence-electron chi connectivity index (χ1n) is 6.34. The second-order valence-corrected chi connectivity index (χ2v) is 5.57. The van der Waals surface area contributed by atoms with E-state index in [1.165, 1.54) is 12.1 Å². The number of hydrogen-bond donors (Lipinski definition) is 1. The Labute approximate surface area is 129 Å². The molecule has 1 N–H and O–H groups in total. The van der Waals surface area contributed by atoms with Crippen LogP contribution >= 0.6 is 15.9 Å². The molecule has 0 saturated carbocycles. The first kappa shape index (κ1) is 15.8. The van der Waals surface area contributed by atoms with Crippen molar-refractivity contribution in [1.82, 2.24) is 4.98 Å². The van der Waals surface area contributed by atoms with Gasteiger partial charge in [-0.1, -0.05) is 12.1 Å². The molecule has 2 rings (SSSR count). The van der Waals surface area contributed by atoms with Gasteiger partial charge in [-0.05, 0) is 59.6 Å². The summed E-state index contributed by atoms with van der Waals surface area (Å²) in [7, 11) is 0. The minimum Gasteiger partial charge on any atom is -0.377 e. The molecule has 112 valence electrons. The Morgan fingerprint density at radius 3 is 2.52 bits per heavy atom. The zero-order valence-electron chi connectivity index (χ0n) is 11.5. The average Bonchev–Trinajstić information content (AvgIpc) is 2.41. The molecule has 2 aromatic rings. The third-order valence-electron chi connectivity index (χ3n) is 3.14. The SMILES string of the molecule is Cc1nc(Br)ccc1NC(C)c1cccc(C(F)(F)F)c1. The van der Waals surface area contributed by atoms with Crippen LogP contribution in [0.5, 0.6) is 0 Å². The summed E-state index contributed by atoms with van der Waals surface area (Å²) in [6, 6.07) is 8.71. The molecular weight excluding hydrogens is 345 g/mol. The predicted octanol–water partition coefficient (Wildman–Crippen LogP) is 5.34. The van der Waals surface area contributed by atoms with E-state index in [1.807, 2.05) is 19.9 Å². The van der Waals surface area contributed by atoms with Gasteiger partial charge in [0.2, 0.25) is 0 Å². The summed E-state index contributed by atoms with van der Waals surface area (Å²) in [6.45, 7) is 3.66. The molecule has 1 heterocycles. The van der Waals surface area contributed by atoms with Crippen molar-refractivity contribution < 1.29 is 13.2 Å². The number of halogens is 4. The van der Waals surface area contributed by atoms with Crippen molar-refractivity contribution in [3.05, 3.63) is 57.8 Å². The third kappa shape index (κ3) is 3.97. The second kappa shape index (κ2) is 6.05. The summed E-state index contributed by atoms with van der Waals surface area (Å²) in [6.07, 6.45) is -4.33. The molecule has 2 nitrogen and oxygen atoms in total. The van der Waals surface area contributed by atoms with Crippen molar-refractivity contribution in [2.75, 3.05) is 5.32 Å². The molecule has 0 amide bonds. The smallest absolute Gasteiger partial charge is 0.377 e. The van der Waals surface area contributed by atoms with E-state index >= 15 is 0 Å². The minimum atomic E-state index is -4.33. The zero-order valence-corrected chi connectivity index (χ0v) is 13.1. The summed E-state index contributed by atoms with van der Waals surface area (Å²) < 4.78 is 38.9. The van der Waals surface area contributed by atoms with E-state index in [-0.39, 0.29) is 6.04 Å². The number of benzene rings is 1. The zero-order chi connectivity index (χ0) is 15.6. The Balaban J connectivity index is 2.22. The van der Waals surface area contributed by atoms with Crippen molar-refractivity contribution in [3.63, 3.8) is 0 Å². The maximum Gasteiger partial charge on any atom is 0.416 e. The summed E-state index contributed by atoms with van der Waals surface area (Å²) in [5, 5.41) is 3.18. The lowest BCUT2D eigenvalue weighted by molar-refractivity contribution is -0.137. The van der Waals surface area contributed by atoms with Gasteiger partial charge >= 0.3 is 6.18 Å². The van der Waals surface area contributed by atoms with Crippen LogP contribution in [0.4, 0.5) is 18.9 Å². The molecule has 0 spiro atoms. The van der Waals surface area contributed by atoms with Gasteiger partial charge in [0.05, 0.1) is 16.9 Å². The van der Waals surface area contributed by atoms with Crippen LogP contribution < -0.4 is 5.32 Å². The van der Waals surface area contributed by atoms with Crippen molar-refractivity contribution in [2.45, 2.75) is 26.1 Å². The van der Waals surface area contributed by atoms with Crippen molar-refractivity contribution in [2.24, 2.45) is 0 Å². The highest BCUT2D eigenvalue weighted by atomic mass is 79.9. The second-order valence-electron chi connectivity index (χ2n) is 4.76. The highest BCUT2D eigenvalue weighted by Gasteiger charge is 2.30. The fraction of sp³-hybridized carbons (Fsp3) is 0.267. The Morgan fingerprint density at radius 2 is 1.90 bits per heavy atom. The van der Waals surface area contributed by atoms with Gasteiger partial charge in [0.1, 0.15) is 4.60 Å². The molecular formula is C15H14BrF3N2. The van der Waals surface area contributed by atoms with Crippen LogP contribution in [0.25, 0.3) is 0 Å². The molecule has 0 aliphatic heterocycles. The molecule has 1 aromatic carbocycles. The van der Waals surface area contributed by atoms with E-state index in [2.05, 4.69) is 26.2 Å². The van der Waals surface area contributed by atoms with Crippen molar-refractivity contribution in [1.29, 1.82) is 0 Å². The number of nitrogens with one attached hydrogen (secondary N) is 1. The van der Waals surface area contributed by atoms with Crippen LogP contribution in [0.15, 0.2) is 41.0 Å². The van der Waals surface area contributed by atoms with Crippen LogP contribution in [0.2, 0.25) is 0 Å². The number of hydrogen-bond acceptors (Lipinski definition) is 2. The third-order valence-corrected chi connectivity index (χ3v) is 3.58.